The van der Waals surface area contributed by atoms with Crippen molar-refractivity contribution in [3.8, 4) is 5.75 Å². The second-order valence-corrected chi connectivity index (χ2v) is 7.85. The van der Waals surface area contributed by atoms with Gasteiger partial charge in [0, 0.05) is 10.7 Å². The lowest BCUT2D eigenvalue weighted by atomic mass is 10.2. The summed E-state index contributed by atoms with van der Waals surface area (Å²) in [5.74, 6) is 0.136. The van der Waals surface area contributed by atoms with Gasteiger partial charge in [-0.3, -0.25) is 4.79 Å². The van der Waals surface area contributed by atoms with E-state index in [1.165, 1.54) is 19.1 Å². The molecule has 0 aliphatic rings. The number of benzene rings is 2. The molecular formula is C18H21ClN2O4S. The lowest BCUT2D eigenvalue weighted by molar-refractivity contribution is -0.117. The Hall–Kier alpha value is -2.09. The maximum Gasteiger partial charge on any atom is 0.242 e. The summed E-state index contributed by atoms with van der Waals surface area (Å²) in [5, 5.41) is 3.10. The van der Waals surface area contributed by atoms with Crippen LogP contribution in [-0.2, 0) is 14.8 Å². The molecule has 0 unspecified atom stereocenters. The Bertz CT molecular complexity index is 900. The number of carbonyl (C=O) groups excluding carboxylic acids is 1. The smallest absolute Gasteiger partial charge is 0.242 e. The molecule has 0 bridgehead atoms. The minimum absolute atomic E-state index is 0.0702. The van der Waals surface area contributed by atoms with Gasteiger partial charge in [0.2, 0.25) is 15.9 Å². The predicted molar refractivity (Wildman–Crippen MR) is 102 cm³/mol. The average molecular weight is 397 g/mol. The third-order valence-electron chi connectivity index (χ3n) is 3.57. The van der Waals surface area contributed by atoms with Crippen LogP contribution in [0.5, 0.6) is 5.75 Å². The standard InChI is InChI=1S/C18H21ClN2O4S/c1-4-25-17-9-8-16(10-12(17)2)26(23,24)21-13(3)18(22)20-15-7-5-6-14(19)11-15/h5-11,13,21H,4H2,1-3H3,(H,20,22)/t13-/m0/s1. The molecule has 2 N–H and O–H groups in total. The zero-order valence-corrected chi connectivity index (χ0v) is 16.3. The van der Waals surface area contributed by atoms with Crippen molar-refractivity contribution in [2.75, 3.05) is 11.9 Å². The number of halogens is 1. The first-order valence-corrected chi connectivity index (χ1v) is 9.91. The second kappa shape index (κ2) is 8.53. The van der Waals surface area contributed by atoms with Gasteiger partial charge in [0.1, 0.15) is 5.75 Å². The van der Waals surface area contributed by atoms with E-state index >= 15 is 0 Å². The molecule has 1 atom stereocenters. The molecule has 2 aromatic rings. The number of hydrogen-bond acceptors (Lipinski definition) is 4. The Balaban J connectivity index is 2.10. The highest BCUT2D eigenvalue weighted by molar-refractivity contribution is 7.89. The number of rotatable bonds is 7. The van der Waals surface area contributed by atoms with Crippen molar-refractivity contribution in [3.63, 3.8) is 0 Å². The number of carbonyl (C=O) groups is 1. The Morgan fingerprint density at radius 1 is 1.23 bits per heavy atom. The van der Waals surface area contributed by atoms with Gasteiger partial charge in [0.25, 0.3) is 0 Å². The van der Waals surface area contributed by atoms with Gasteiger partial charge >= 0.3 is 0 Å². The van der Waals surface area contributed by atoms with Gasteiger partial charge in [-0.25, -0.2) is 8.42 Å². The topological polar surface area (TPSA) is 84.5 Å². The Kier molecular flexibility index (Phi) is 6.63. The van der Waals surface area contributed by atoms with Gasteiger partial charge in [-0.2, -0.15) is 4.72 Å². The maximum atomic E-state index is 12.5. The molecule has 0 radical (unpaired) electrons. The van der Waals surface area contributed by atoms with Gasteiger partial charge in [-0.15, -0.1) is 0 Å². The van der Waals surface area contributed by atoms with E-state index in [1.807, 2.05) is 6.92 Å². The molecule has 0 saturated heterocycles. The van der Waals surface area contributed by atoms with Crippen LogP contribution < -0.4 is 14.8 Å². The molecule has 0 aliphatic carbocycles. The highest BCUT2D eigenvalue weighted by atomic mass is 35.5. The molecule has 8 heteroatoms. The number of nitrogens with one attached hydrogen (secondary N) is 2. The molecule has 0 aromatic heterocycles. The maximum absolute atomic E-state index is 12.5. The molecule has 2 aromatic carbocycles. The number of aryl methyl sites for hydroxylation is 1. The summed E-state index contributed by atoms with van der Waals surface area (Å²) in [5.41, 5.74) is 1.19. The molecule has 140 valence electrons. The normalized spacial score (nSPS) is 12.5. The van der Waals surface area contributed by atoms with Crippen molar-refractivity contribution >= 4 is 33.2 Å². The quantitative estimate of drug-likeness (QED) is 0.751. The van der Waals surface area contributed by atoms with Crippen LogP contribution in [-0.4, -0.2) is 27.0 Å². The fraction of sp³-hybridized carbons (Fsp3) is 0.278. The van der Waals surface area contributed by atoms with Crippen molar-refractivity contribution in [1.82, 2.24) is 4.72 Å². The summed E-state index contributed by atoms with van der Waals surface area (Å²) in [6, 6.07) is 10.2. The van der Waals surface area contributed by atoms with Crippen molar-refractivity contribution in [1.29, 1.82) is 0 Å². The molecule has 0 heterocycles. The number of hydrogen-bond donors (Lipinski definition) is 2. The Labute approximate surface area is 158 Å². The van der Waals surface area contributed by atoms with Gasteiger partial charge in [-0.1, -0.05) is 17.7 Å². The monoisotopic (exact) mass is 396 g/mol. The van der Waals surface area contributed by atoms with Crippen molar-refractivity contribution in [3.05, 3.63) is 53.1 Å². The molecule has 0 aliphatic heterocycles. The highest BCUT2D eigenvalue weighted by Gasteiger charge is 2.22. The number of anilines is 1. The fourth-order valence-corrected chi connectivity index (χ4v) is 3.76. The number of ether oxygens (including phenoxy) is 1. The van der Waals surface area contributed by atoms with Crippen LogP contribution >= 0.6 is 11.6 Å². The number of amides is 1. The van der Waals surface area contributed by atoms with Crippen LogP contribution in [0.25, 0.3) is 0 Å². The minimum atomic E-state index is -3.85. The van der Waals surface area contributed by atoms with Gasteiger partial charge in [0.15, 0.2) is 0 Å². The first kappa shape index (κ1) is 20.2. The first-order chi connectivity index (χ1) is 12.2. The van der Waals surface area contributed by atoms with E-state index in [0.29, 0.717) is 28.6 Å². The van der Waals surface area contributed by atoms with Gasteiger partial charge in [-0.05, 0) is 62.7 Å². The zero-order chi connectivity index (χ0) is 19.3. The molecular weight excluding hydrogens is 376 g/mol. The summed E-state index contributed by atoms with van der Waals surface area (Å²) in [7, 11) is -3.85. The van der Waals surface area contributed by atoms with E-state index in [-0.39, 0.29) is 4.90 Å². The lowest BCUT2D eigenvalue weighted by Crippen LogP contribution is -2.41. The van der Waals surface area contributed by atoms with Crippen LogP contribution in [0.3, 0.4) is 0 Å². The van der Waals surface area contributed by atoms with Crippen LogP contribution in [0.1, 0.15) is 19.4 Å². The zero-order valence-electron chi connectivity index (χ0n) is 14.7. The van der Waals surface area contributed by atoms with Crippen molar-refractivity contribution < 1.29 is 17.9 Å². The van der Waals surface area contributed by atoms with Crippen LogP contribution in [0.15, 0.2) is 47.4 Å². The summed E-state index contributed by atoms with van der Waals surface area (Å²) < 4.78 is 32.8. The summed E-state index contributed by atoms with van der Waals surface area (Å²) >= 11 is 5.87. The molecule has 2 rings (SSSR count). The van der Waals surface area contributed by atoms with E-state index in [1.54, 1.807) is 37.3 Å². The molecule has 0 saturated carbocycles. The molecule has 0 fully saturated rings. The Morgan fingerprint density at radius 3 is 2.58 bits per heavy atom. The first-order valence-electron chi connectivity index (χ1n) is 8.05. The fourth-order valence-electron chi connectivity index (χ4n) is 2.28. The molecule has 26 heavy (non-hydrogen) atoms. The van der Waals surface area contributed by atoms with Crippen molar-refractivity contribution in [2.45, 2.75) is 31.7 Å². The van der Waals surface area contributed by atoms with E-state index in [4.69, 9.17) is 16.3 Å². The summed E-state index contributed by atoms with van der Waals surface area (Å²) in [4.78, 5) is 12.3. The second-order valence-electron chi connectivity index (χ2n) is 5.70. The van der Waals surface area contributed by atoms with Crippen LogP contribution in [0, 0.1) is 6.92 Å². The minimum Gasteiger partial charge on any atom is -0.494 e. The highest BCUT2D eigenvalue weighted by Crippen LogP contribution is 2.22. The Morgan fingerprint density at radius 2 is 1.96 bits per heavy atom. The third-order valence-corrected chi connectivity index (χ3v) is 5.35. The average Bonchev–Trinajstić information content (AvgIpc) is 2.56. The largest absolute Gasteiger partial charge is 0.494 e. The van der Waals surface area contributed by atoms with Crippen molar-refractivity contribution in [2.24, 2.45) is 0 Å². The summed E-state index contributed by atoms with van der Waals surface area (Å²) in [6.45, 7) is 5.58. The molecule has 0 spiro atoms. The molecule has 1 amide bonds. The van der Waals surface area contributed by atoms with E-state index in [2.05, 4.69) is 10.0 Å². The van der Waals surface area contributed by atoms with E-state index < -0.39 is 22.0 Å². The van der Waals surface area contributed by atoms with Crippen LogP contribution in [0.2, 0.25) is 5.02 Å². The lowest BCUT2D eigenvalue weighted by Gasteiger charge is -2.15. The predicted octanol–water partition coefficient (Wildman–Crippen LogP) is 3.35. The number of sulfonamides is 1. The third kappa shape index (κ3) is 5.20. The molecule has 6 nitrogen and oxygen atoms in total. The van der Waals surface area contributed by atoms with E-state index in [0.717, 1.165) is 0 Å². The van der Waals surface area contributed by atoms with Crippen LogP contribution in [0.4, 0.5) is 5.69 Å². The van der Waals surface area contributed by atoms with Gasteiger partial charge in [0.05, 0.1) is 17.5 Å². The van der Waals surface area contributed by atoms with Gasteiger partial charge < -0.3 is 10.1 Å². The SMILES string of the molecule is CCOc1ccc(S(=O)(=O)N[C@@H](C)C(=O)Nc2cccc(Cl)c2)cc1C. The van der Waals surface area contributed by atoms with E-state index in [9.17, 15) is 13.2 Å². The summed E-state index contributed by atoms with van der Waals surface area (Å²) in [6.07, 6.45) is 0.